The van der Waals surface area contributed by atoms with Crippen LogP contribution in [0.15, 0.2) is 30.5 Å². The van der Waals surface area contributed by atoms with Gasteiger partial charge in [0.2, 0.25) is 0 Å². The second-order valence-corrected chi connectivity index (χ2v) is 17.0. The summed E-state index contributed by atoms with van der Waals surface area (Å²) in [6.45, 7) is -0.543. The maximum absolute atomic E-state index is 14.6. The normalized spacial score (nSPS) is 14.6. The molecule has 20 heavy (non-hydrogen) atoms. The summed E-state index contributed by atoms with van der Waals surface area (Å²) in [7, 11) is 1.91. The fourth-order valence-corrected chi connectivity index (χ4v) is 4.82. The Kier molecular flexibility index (Phi) is 3.06. The molecule has 0 saturated heterocycles. The minimum atomic E-state index is -2.30. The molecule has 0 radical (unpaired) electrons. The van der Waals surface area contributed by atoms with Gasteiger partial charge in [-0.15, -0.1) is 0 Å². The van der Waals surface area contributed by atoms with Crippen LogP contribution >= 0.6 is 0 Å². The molecule has 0 aliphatic rings. The molecule has 2 aromatic rings. The molecule has 3 heteroatoms. The Balaban J connectivity index is 2.60. The standard InChI is InChI=1S/C17H23FGeN/c1-12-9-13(2)17(15(18)10-12)16-8-7-14(11-20(16)6)19(3,4)5/h7-11H,1-6H3/q+1/i1D3. The van der Waals surface area contributed by atoms with Crippen molar-refractivity contribution >= 4 is 17.7 Å². The molecule has 0 saturated carbocycles. The Morgan fingerprint density at radius 1 is 1.20 bits per heavy atom. The Bertz CT molecular complexity index is 725. The van der Waals surface area contributed by atoms with Crippen LogP contribution in [0.25, 0.3) is 11.3 Å². The number of aromatic nitrogens is 1. The number of hydrogen-bond donors (Lipinski definition) is 0. The number of nitrogens with zero attached hydrogens (tertiary/aromatic N) is 1. The average molecular weight is 336 g/mol. The molecule has 0 atom stereocenters. The van der Waals surface area contributed by atoms with Crippen LogP contribution in [0, 0.1) is 19.6 Å². The fourth-order valence-electron chi connectivity index (χ4n) is 2.38. The zero-order chi connectivity index (χ0) is 17.6. The summed E-state index contributed by atoms with van der Waals surface area (Å²) in [5.74, 6) is 6.45. The predicted molar refractivity (Wildman–Crippen MR) is 85.5 cm³/mol. The Morgan fingerprint density at radius 3 is 2.40 bits per heavy atom. The zero-order valence-electron chi connectivity index (χ0n) is 15.7. The van der Waals surface area contributed by atoms with E-state index in [2.05, 4.69) is 29.5 Å². The van der Waals surface area contributed by atoms with Crippen LogP contribution in [0.2, 0.25) is 17.3 Å². The molecule has 1 heterocycles. The van der Waals surface area contributed by atoms with E-state index in [1.807, 2.05) is 17.7 Å². The van der Waals surface area contributed by atoms with E-state index < -0.39 is 25.9 Å². The first-order valence-corrected chi connectivity index (χ1v) is 14.1. The van der Waals surface area contributed by atoms with Gasteiger partial charge in [-0.3, -0.25) is 0 Å². The molecule has 1 nitrogen and oxygen atoms in total. The SMILES string of the molecule is [2H]C([2H])([2H])c1cc(C)c(-c2cc[c]([Ge]([CH3])([CH3])[CH3])c[n+]2C)c(F)c1. The van der Waals surface area contributed by atoms with Gasteiger partial charge in [-0.25, -0.2) is 0 Å². The van der Waals surface area contributed by atoms with Gasteiger partial charge in [0.05, 0.1) is 0 Å². The van der Waals surface area contributed by atoms with E-state index in [9.17, 15) is 4.39 Å². The first kappa shape index (κ1) is 11.5. The Hall–Kier alpha value is -1.16. The number of halogens is 1. The van der Waals surface area contributed by atoms with E-state index in [1.165, 1.54) is 4.40 Å². The monoisotopic (exact) mass is 337 g/mol. The van der Waals surface area contributed by atoms with Crippen molar-refractivity contribution in [2.45, 2.75) is 31.0 Å². The number of pyridine rings is 1. The topological polar surface area (TPSA) is 3.88 Å². The van der Waals surface area contributed by atoms with Crippen LogP contribution in [0.3, 0.4) is 0 Å². The van der Waals surface area contributed by atoms with Gasteiger partial charge < -0.3 is 0 Å². The first-order chi connectivity index (χ1) is 10.4. The van der Waals surface area contributed by atoms with Gasteiger partial charge in [-0.05, 0) is 0 Å². The number of hydrogen-bond acceptors (Lipinski definition) is 0. The summed E-state index contributed by atoms with van der Waals surface area (Å²) in [5.41, 5.74) is 1.90. The summed E-state index contributed by atoms with van der Waals surface area (Å²) in [5, 5.41) is 0. The average Bonchev–Trinajstić information content (AvgIpc) is 2.37. The third-order valence-corrected chi connectivity index (χ3v) is 7.80. The van der Waals surface area contributed by atoms with Crippen molar-refractivity contribution in [3.05, 3.63) is 47.4 Å². The van der Waals surface area contributed by atoms with Gasteiger partial charge in [0.25, 0.3) is 0 Å². The van der Waals surface area contributed by atoms with Crippen LogP contribution in [0.1, 0.15) is 15.2 Å². The second-order valence-electron chi connectivity index (χ2n) is 6.31. The van der Waals surface area contributed by atoms with Crippen LogP contribution in [0.4, 0.5) is 4.39 Å². The van der Waals surface area contributed by atoms with Gasteiger partial charge in [-0.1, -0.05) is 0 Å². The van der Waals surface area contributed by atoms with Crippen LogP contribution < -0.4 is 8.96 Å². The van der Waals surface area contributed by atoms with Crippen molar-refractivity contribution in [3.63, 3.8) is 0 Å². The number of rotatable bonds is 2. The quantitative estimate of drug-likeness (QED) is 0.584. The Labute approximate surface area is 128 Å². The van der Waals surface area contributed by atoms with Crippen molar-refractivity contribution in [2.24, 2.45) is 7.05 Å². The molecule has 0 aliphatic heterocycles. The van der Waals surface area contributed by atoms with Gasteiger partial charge in [0.1, 0.15) is 0 Å². The van der Waals surface area contributed by atoms with E-state index in [0.717, 1.165) is 11.8 Å². The van der Waals surface area contributed by atoms with Crippen molar-refractivity contribution in [1.82, 2.24) is 0 Å². The number of benzene rings is 1. The molecular weight excluding hydrogens is 310 g/mol. The minimum absolute atomic E-state index is 0.0419. The summed E-state index contributed by atoms with van der Waals surface area (Å²) < 4.78 is 40.2. The summed E-state index contributed by atoms with van der Waals surface area (Å²) in [6.07, 6.45) is 2.08. The van der Waals surface area contributed by atoms with E-state index in [-0.39, 0.29) is 5.56 Å². The van der Waals surface area contributed by atoms with Crippen molar-refractivity contribution < 1.29 is 13.1 Å². The van der Waals surface area contributed by atoms with E-state index in [0.29, 0.717) is 11.1 Å². The molecule has 0 N–H and O–H groups in total. The first-order valence-electron chi connectivity index (χ1n) is 8.22. The number of aryl methyl sites for hydroxylation is 3. The summed E-state index contributed by atoms with van der Waals surface area (Å²) >= 11 is -1.95. The maximum atomic E-state index is 14.6. The molecular formula is C17H23FGeN+. The second kappa shape index (κ2) is 5.32. The van der Waals surface area contributed by atoms with E-state index in [1.54, 1.807) is 13.0 Å². The molecule has 0 spiro atoms. The molecule has 0 bridgehead atoms. The third-order valence-electron chi connectivity index (χ3n) is 3.54. The third kappa shape index (κ3) is 2.95. The molecule has 106 valence electrons. The zero-order valence-corrected chi connectivity index (χ0v) is 14.8. The molecule has 1 aromatic heterocycles. The summed E-state index contributed by atoms with van der Waals surface area (Å²) in [4.78, 5) is 0. The van der Waals surface area contributed by atoms with Crippen LogP contribution in [-0.2, 0) is 7.05 Å². The van der Waals surface area contributed by atoms with Gasteiger partial charge >= 0.3 is 127 Å². The van der Waals surface area contributed by atoms with Gasteiger partial charge in [-0.2, -0.15) is 0 Å². The fraction of sp³-hybridized carbons (Fsp3) is 0.353. The van der Waals surface area contributed by atoms with E-state index >= 15 is 0 Å². The molecule has 0 unspecified atom stereocenters. The Morgan fingerprint density at radius 2 is 1.90 bits per heavy atom. The molecule has 0 aliphatic carbocycles. The molecule has 2 rings (SSSR count). The van der Waals surface area contributed by atoms with Crippen LogP contribution in [0.5, 0.6) is 0 Å². The van der Waals surface area contributed by atoms with Crippen molar-refractivity contribution in [2.75, 3.05) is 0 Å². The van der Waals surface area contributed by atoms with Gasteiger partial charge in [0.15, 0.2) is 0 Å². The van der Waals surface area contributed by atoms with Crippen LogP contribution in [-0.4, -0.2) is 13.3 Å². The molecule has 0 amide bonds. The van der Waals surface area contributed by atoms with Gasteiger partial charge in [0, 0.05) is 0 Å². The van der Waals surface area contributed by atoms with Crippen molar-refractivity contribution in [3.8, 4) is 11.3 Å². The summed E-state index contributed by atoms with van der Waals surface area (Å²) in [6, 6.07) is 6.70. The predicted octanol–water partition coefficient (Wildman–Crippen LogP) is 3.48. The molecule has 0 fully saturated rings. The molecule has 1 aromatic carbocycles. The van der Waals surface area contributed by atoms with E-state index in [4.69, 9.17) is 4.11 Å². The van der Waals surface area contributed by atoms with Crippen molar-refractivity contribution in [1.29, 1.82) is 0 Å².